The second kappa shape index (κ2) is 5.70. The summed E-state index contributed by atoms with van der Waals surface area (Å²) in [5, 5.41) is 11.3. The van der Waals surface area contributed by atoms with E-state index < -0.39 is 15.9 Å². The summed E-state index contributed by atoms with van der Waals surface area (Å²) in [6, 6.07) is 0. The summed E-state index contributed by atoms with van der Waals surface area (Å²) in [6.07, 6.45) is 0.830. The number of primary sulfonamides is 1. The molecule has 1 aromatic heterocycles. The zero-order chi connectivity index (χ0) is 14.8. The van der Waals surface area contributed by atoms with E-state index >= 15 is 0 Å². The largest absolute Gasteiger partial charge is 0.340 e. The van der Waals surface area contributed by atoms with Crippen molar-refractivity contribution in [2.75, 3.05) is 13.6 Å². The van der Waals surface area contributed by atoms with E-state index in [0.29, 0.717) is 12.5 Å². The first-order chi connectivity index (χ1) is 8.64. The van der Waals surface area contributed by atoms with Crippen LogP contribution >= 0.6 is 0 Å². The minimum atomic E-state index is -3.97. The number of hydrogen-bond donors (Lipinski definition) is 2. The number of nitrogens with one attached hydrogen (secondary N) is 1. The smallest absolute Gasteiger partial charge is 0.275 e. The van der Waals surface area contributed by atoms with Crippen molar-refractivity contribution in [3.8, 4) is 0 Å². The fraction of sp³-hybridized carbons (Fsp3) is 0.636. The number of aromatic amines is 1. The van der Waals surface area contributed by atoms with Crippen LogP contribution in [-0.4, -0.2) is 43.0 Å². The first-order valence-corrected chi connectivity index (χ1v) is 7.52. The van der Waals surface area contributed by atoms with Crippen LogP contribution in [0.2, 0.25) is 0 Å². The van der Waals surface area contributed by atoms with Gasteiger partial charge in [-0.3, -0.25) is 9.89 Å². The molecule has 0 spiro atoms. The third-order valence-corrected chi connectivity index (χ3v) is 3.84. The molecule has 1 heterocycles. The molecular formula is C11H20N4O3S. The van der Waals surface area contributed by atoms with Crippen LogP contribution in [-0.2, 0) is 10.0 Å². The number of amides is 1. The molecule has 0 saturated carbocycles. The van der Waals surface area contributed by atoms with Crippen LogP contribution in [0.15, 0.2) is 4.90 Å². The fourth-order valence-electron chi connectivity index (χ4n) is 1.65. The number of nitrogens with two attached hydrogens (primary N) is 1. The number of sulfonamides is 1. The van der Waals surface area contributed by atoms with Gasteiger partial charge in [0.05, 0.1) is 5.69 Å². The van der Waals surface area contributed by atoms with Gasteiger partial charge in [-0.2, -0.15) is 5.10 Å². The fourth-order valence-corrected chi connectivity index (χ4v) is 2.52. The Balaban J connectivity index is 3.01. The third kappa shape index (κ3) is 3.77. The lowest BCUT2D eigenvalue weighted by atomic mass is 10.1. The van der Waals surface area contributed by atoms with Crippen LogP contribution < -0.4 is 5.14 Å². The highest BCUT2D eigenvalue weighted by Crippen LogP contribution is 2.17. The van der Waals surface area contributed by atoms with E-state index in [0.717, 1.165) is 6.42 Å². The van der Waals surface area contributed by atoms with Crippen LogP contribution in [0.1, 0.15) is 36.5 Å². The summed E-state index contributed by atoms with van der Waals surface area (Å²) in [6.45, 7) is 6.14. The quantitative estimate of drug-likeness (QED) is 0.821. The molecule has 0 saturated heterocycles. The van der Waals surface area contributed by atoms with Gasteiger partial charge in [-0.1, -0.05) is 13.8 Å². The maximum Gasteiger partial charge on any atom is 0.275 e. The Labute approximate surface area is 113 Å². The Hall–Kier alpha value is -1.41. The zero-order valence-electron chi connectivity index (χ0n) is 11.6. The lowest BCUT2D eigenvalue weighted by Crippen LogP contribution is -2.30. The predicted octanol–water partition coefficient (Wildman–Crippen LogP) is 0.484. The normalized spacial score (nSPS) is 11.9. The molecule has 0 aliphatic rings. The highest BCUT2D eigenvalue weighted by atomic mass is 32.2. The average molecular weight is 288 g/mol. The molecule has 7 nitrogen and oxygen atoms in total. The Morgan fingerprint density at radius 1 is 1.47 bits per heavy atom. The average Bonchev–Trinajstić information content (AvgIpc) is 2.66. The van der Waals surface area contributed by atoms with Crippen LogP contribution in [0.25, 0.3) is 0 Å². The molecular weight excluding hydrogens is 268 g/mol. The summed E-state index contributed by atoms with van der Waals surface area (Å²) in [7, 11) is -2.36. The van der Waals surface area contributed by atoms with Gasteiger partial charge >= 0.3 is 0 Å². The maximum atomic E-state index is 12.2. The van der Waals surface area contributed by atoms with Crippen molar-refractivity contribution in [2.45, 2.75) is 32.1 Å². The summed E-state index contributed by atoms with van der Waals surface area (Å²) in [4.78, 5) is 13.4. The van der Waals surface area contributed by atoms with Crippen molar-refractivity contribution >= 4 is 15.9 Å². The Morgan fingerprint density at radius 3 is 2.53 bits per heavy atom. The van der Waals surface area contributed by atoms with Gasteiger partial charge in [0.25, 0.3) is 5.91 Å². The van der Waals surface area contributed by atoms with Crippen molar-refractivity contribution < 1.29 is 13.2 Å². The molecule has 1 aromatic rings. The summed E-state index contributed by atoms with van der Waals surface area (Å²) in [5.41, 5.74) is 0.120. The molecule has 3 N–H and O–H groups in total. The van der Waals surface area contributed by atoms with Gasteiger partial charge in [0, 0.05) is 13.6 Å². The Morgan fingerprint density at radius 2 is 2.05 bits per heavy atom. The topological polar surface area (TPSA) is 109 Å². The van der Waals surface area contributed by atoms with Gasteiger partial charge in [0.15, 0.2) is 5.69 Å². The molecule has 1 amide bonds. The Kier molecular flexibility index (Phi) is 4.70. The van der Waals surface area contributed by atoms with Gasteiger partial charge in [-0.15, -0.1) is 0 Å². The van der Waals surface area contributed by atoms with Crippen molar-refractivity contribution in [1.82, 2.24) is 15.1 Å². The van der Waals surface area contributed by atoms with Crippen LogP contribution in [0.4, 0.5) is 0 Å². The molecule has 19 heavy (non-hydrogen) atoms. The highest BCUT2D eigenvalue weighted by molar-refractivity contribution is 7.89. The number of rotatable bonds is 5. The zero-order valence-corrected chi connectivity index (χ0v) is 12.4. The monoisotopic (exact) mass is 288 g/mol. The van der Waals surface area contributed by atoms with Gasteiger partial charge < -0.3 is 4.90 Å². The number of aryl methyl sites for hydroxylation is 1. The molecule has 108 valence electrons. The van der Waals surface area contributed by atoms with Gasteiger partial charge in [-0.25, -0.2) is 13.6 Å². The van der Waals surface area contributed by atoms with Crippen molar-refractivity contribution in [2.24, 2.45) is 11.1 Å². The van der Waals surface area contributed by atoms with Gasteiger partial charge in [0.2, 0.25) is 10.0 Å². The highest BCUT2D eigenvalue weighted by Gasteiger charge is 2.27. The number of nitrogens with zero attached hydrogens (tertiary/aromatic N) is 2. The number of carbonyl (C=O) groups excluding carboxylic acids is 1. The van der Waals surface area contributed by atoms with E-state index in [2.05, 4.69) is 10.2 Å². The molecule has 0 radical (unpaired) electrons. The molecule has 0 bridgehead atoms. The van der Waals surface area contributed by atoms with Crippen molar-refractivity contribution in [3.05, 3.63) is 11.4 Å². The number of aromatic nitrogens is 2. The molecule has 1 rings (SSSR count). The minimum absolute atomic E-state index is 0.147. The van der Waals surface area contributed by atoms with Crippen LogP contribution in [0.5, 0.6) is 0 Å². The second-order valence-electron chi connectivity index (χ2n) is 4.98. The molecule has 0 unspecified atom stereocenters. The maximum absolute atomic E-state index is 12.2. The van der Waals surface area contributed by atoms with E-state index in [1.807, 2.05) is 13.8 Å². The summed E-state index contributed by atoms with van der Waals surface area (Å²) >= 11 is 0. The van der Waals surface area contributed by atoms with Crippen molar-refractivity contribution in [1.29, 1.82) is 0 Å². The summed E-state index contributed by atoms with van der Waals surface area (Å²) in [5.74, 6) is 0.00269. The molecule has 8 heteroatoms. The molecule has 0 aliphatic heterocycles. The number of carbonyl (C=O) groups is 1. The van der Waals surface area contributed by atoms with E-state index in [4.69, 9.17) is 5.14 Å². The predicted molar refractivity (Wildman–Crippen MR) is 71.1 cm³/mol. The first-order valence-electron chi connectivity index (χ1n) is 5.97. The van der Waals surface area contributed by atoms with E-state index in [9.17, 15) is 13.2 Å². The van der Waals surface area contributed by atoms with Gasteiger partial charge in [-0.05, 0) is 19.3 Å². The van der Waals surface area contributed by atoms with E-state index in [-0.39, 0.29) is 16.3 Å². The van der Waals surface area contributed by atoms with Crippen molar-refractivity contribution in [3.63, 3.8) is 0 Å². The minimum Gasteiger partial charge on any atom is -0.340 e. The van der Waals surface area contributed by atoms with Crippen LogP contribution in [0.3, 0.4) is 0 Å². The molecule has 0 aliphatic carbocycles. The lowest BCUT2D eigenvalue weighted by Gasteiger charge is -2.17. The van der Waals surface area contributed by atoms with E-state index in [1.165, 1.54) is 11.8 Å². The summed E-state index contributed by atoms with van der Waals surface area (Å²) < 4.78 is 23.0. The number of H-pyrrole nitrogens is 1. The second-order valence-corrected chi connectivity index (χ2v) is 6.48. The molecule has 0 atom stereocenters. The standard InChI is InChI=1S/C11H20N4O3S/c1-7(2)5-6-15(4)11(16)9-10(19(12,17)18)8(3)13-14-9/h7H,5-6H2,1-4H3,(H,13,14)(H2,12,17,18). The SMILES string of the molecule is Cc1[nH]nc(C(=O)N(C)CCC(C)C)c1S(N)(=O)=O. The number of hydrogen-bond acceptors (Lipinski definition) is 4. The third-order valence-electron chi connectivity index (χ3n) is 2.77. The molecule has 0 aromatic carbocycles. The lowest BCUT2D eigenvalue weighted by molar-refractivity contribution is 0.0779. The van der Waals surface area contributed by atoms with Gasteiger partial charge in [0.1, 0.15) is 4.90 Å². The van der Waals surface area contributed by atoms with E-state index in [1.54, 1.807) is 7.05 Å². The Bertz CT molecular complexity index is 562. The molecule has 0 fully saturated rings. The van der Waals surface area contributed by atoms with Crippen LogP contribution in [0, 0.1) is 12.8 Å². The first kappa shape index (κ1) is 15.6.